The summed E-state index contributed by atoms with van der Waals surface area (Å²) in [5.41, 5.74) is 2.96. The maximum absolute atomic E-state index is 14.0. The third-order valence-corrected chi connectivity index (χ3v) is 7.01. The van der Waals surface area contributed by atoms with Crippen LogP contribution in [-0.4, -0.2) is 22.4 Å². The molecule has 6 nitrogen and oxygen atoms in total. The number of nitrogens with one attached hydrogen (secondary N) is 2. The Hall–Kier alpha value is -3.39. The summed E-state index contributed by atoms with van der Waals surface area (Å²) in [6, 6.07) is 14.1. The van der Waals surface area contributed by atoms with Crippen molar-refractivity contribution >= 4 is 23.4 Å². The quantitative estimate of drug-likeness (QED) is 0.377. The van der Waals surface area contributed by atoms with Gasteiger partial charge in [-0.05, 0) is 49.1 Å². The zero-order chi connectivity index (χ0) is 23.7. The van der Waals surface area contributed by atoms with Gasteiger partial charge in [-0.15, -0.1) is 0 Å². The minimum absolute atomic E-state index is 0.0516. The summed E-state index contributed by atoms with van der Waals surface area (Å²) < 4.78 is 19.6. The van der Waals surface area contributed by atoms with E-state index in [9.17, 15) is 14.0 Å². The number of nitrogens with zero attached hydrogens (tertiary/aromatic N) is 1. The fraction of sp³-hybridized carbons (Fsp3) is 0.269. The van der Waals surface area contributed by atoms with Gasteiger partial charge in [0.05, 0.1) is 12.2 Å². The van der Waals surface area contributed by atoms with Gasteiger partial charge in [-0.25, -0.2) is 9.37 Å². The summed E-state index contributed by atoms with van der Waals surface area (Å²) in [6.07, 6.45) is 1.94. The monoisotopic (exact) mass is 477 g/mol. The molecule has 2 N–H and O–H groups in total. The Labute approximate surface area is 200 Å². The Kier molecular flexibility index (Phi) is 6.24. The van der Waals surface area contributed by atoms with Gasteiger partial charge in [0.15, 0.2) is 10.9 Å². The third-order valence-electron chi connectivity index (χ3n) is 6.08. The molecule has 0 unspecified atom stereocenters. The van der Waals surface area contributed by atoms with Gasteiger partial charge in [0, 0.05) is 29.4 Å². The van der Waals surface area contributed by atoms with Gasteiger partial charge in [-0.1, -0.05) is 42.1 Å². The Balaban J connectivity index is 1.54. The highest BCUT2D eigenvalue weighted by Gasteiger charge is 2.37. The largest absolute Gasteiger partial charge is 0.494 e. The summed E-state index contributed by atoms with van der Waals surface area (Å²) in [6.45, 7) is 2.47. The standard InChI is InChI=1S/C26H24FN3O3S/c1-2-33-17-12-10-15(11-13-17)21-22-19(8-5-9-20(22)31)28-24-23(21)25(32)30-26(29-24)34-14-16-6-3-4-7-18(16)27/h3-4,6-7,10-13,21H,2,5,8-9,14H2,1H3,(H2,28,29,30,32)/t21-/m1/s1. The average molecular weight is 478 g/mol. The second kappa shape index (κ2) is 9.46. The van der Waals surface area contributed by atoms with Crippen LogP contribution in [0.25, 0.3) is 0 Å². The van der Waals surface area contributed by atoms with E-state index in [0.717, 1.165) is 29.9 Å². The van der Waals surface area contributed by atoms with Crippen molar-refractivity contribution in [2.75, 3.05) is 11.9 Å². The van der Waals surface area contributed by atoms with Crippen LogP contribution < -0.4 is 15.6 Å². The fourth-order valence-corrected chi connectivity index (χ4v) is 5.37. The highest BCUT2D eigenvalue weighted by Crippen LogP contribution is 2.43. The van der Waals surface area contributed by atoms with E-state index in [0.29, 0.717) is 46.5 Å². The van der Waals surface area contributed by atoms with Gasteiger partial charge in [-0.3, -0.25) is 9.59 Å². The minimum Gasteiger partial charge on any atom is -0.494 e. The number of Topliss-reactive ketones (excluding diaryl/α,β-unsaturated/α-hetero) is 1. The molecule has 2 aliphatic rings. The number of hydrogen-bond donors (Lipinski definition) is 2. The molecule has 8 heteroatoms. The number of halogens is 1. The maximum Gasteiger partial charge on any atom is 0.257 e. The lowest BCUT2D eigenvalue weighted by Crippen LogP contribution is -2.32. The number of carbonyl (C=O) groups is 1. The SMILES string of the molecule is CCOc1ccc([C@@H]2C3=C(CCCC3=O)Nc3nc(SCc4ccccc4F)[nH]c(=O)c32)cc1. The Morgan fingerprint density at radius 2 is 1.91 bits per heavy atom. The molecule has 34 heavy (non-hydrogen) atoms. The molecule has 0 saturated heterocycles. The minimum atomic E-state index is -0.503. The van der Waals surface area contributed by atoms with Gasteiger partial charge in [0.2, 0.25) is 0 Å². The van der Waals surface area contributed by atoms with Crippen LogP contribution in [0.1, 0.15) is 48.8 Å². The van der Waals surface area contributed by atoms with Gasteiger partial charge in [-0.2, -0.15) is 0 Å². The lowest BCUT2D eigenvalue weighted by Gasteiger charge is -2.32. The van der Waals surface area contributed by atoms with Crippen LogP contribution in [0.4, 0.5) is 10.2 Å². The molecule has 0 spiro atoms. The molecule has 2 aromatic carbocycles. The molecule has 2 heterocycles. The van der Waals surface area contributed by atoms with E-state index in [4.69, 9.17) is 4.74 Å². The molecule has 174 valence electrons. The number of rotatable bonds is 6. The normalized spacial score (nSPS) is 17.1. The van der Waals surface area contributed by atoms with E-state index in [2.05, 4.69) is 15.3 Å². The number of H-pyrrole nitrogens is 1. The molecule has 0 fully saturated rings. The second-order valence-corrected chi connectivity index (χ2v) is 9.21. The number of fused-ring (bicyclic) bond motifs is 1. The molecule has 0 radical (unpaired) electrons. The first-order valence-corrected chi connectivity index (χ1v) is 12.3. The summed E-state index contributed by atoms with van der Waals surface area (Å²) >= 11 is 1.26. The summed E-state index contributed by atoms with van der Waals surface area (Å²) in [4.78, 5) is 33.8. The number of anilines is 1. The number of thioether (sulfide) groups is 1. The number of aromatic amines is 1. The van der Waals surface area contributed by atoms with Crippen LogP contribution in [0.15, 0.2) is 69.8 Å². The van der Waals surface area contributed by atoms with Gasteiger partial charge in [0.1, 0.15) is 17.4 Å². The molecule has 1 aliphatic carbocycles. The topological polar surface area (TPSA) is 84.1 Å². The van der Waals surface area contributed by atoms with Crippen molar-refractivity contribution in [2.24, 2.45) is 0 Å². The van der Waals surface area contributed by atoms with Crippen LogP contribution in [0.5, 0.6) is 5.75 Å². The molecule has 1 aliphatic heterocycles. The first-order valence-electron chi connectivity index (χ1n) is 11.3. The van der Waals surface area contributed by atoms with E-state index in [-0.39, 0.29) is 17.2 Å². The van der Waals surface area contributed by atoms with Crippen molar-refractivity contribution in [2.45, 2.75) is 43.0 Å². The van der Waals surface area contributed by atoms with Crippen molar-refractivity contribution in [1.29, 1.82) is 0 Å². The zero-order valence-corrected chi connectivity index (χ0v) is 19.5. The lowest BCUT2D eigenvalue weighted by atomic mass is 9.76. The smallest absolute Gasteiger partial charge is 0.257 e. The number of ketones is 1. The van der Waals surface area contributed by atoms with E-state index >= 15 is 0 Å². The van der Waals surface area contributed by atoms with Crippen LogP contribution >= 0.6 is 11.8 Å². The van der Waals surface area contributed by atoms with Crippen LogP contribution in [-0.2, 0) is 10.5 Å². The highest BCUT2D eigenvalue weighted by molar-refractivity contribution is 7.98. The van der Waals surface area contributed by atoms with E-state index in [1.54, 1.807) is 18.2 Å². The summed E-state index contributed by atoms with van der Waals surface area (Å²) in [7, 11) is 0. The van der Waals surface area contributed by atoms with Crippen molar-refractivity contribution in [3.8, 4) is 5.75 Å². The van der Waals surface area contributed by atoms with Crippen molar-refractivity contribution in [1.82, 2.24) is 9.97 Å². The number of hydrogen-bond acceptors (Lipinski definition) is 6. The molecule has 1 atom stereocenters. The molecule has 3 aromatic rings. The van der Waals surface area contributed by atoms with Crippen molar-refractivity contribution in [3.63, 3.8) is 0 Å². The first-order chi connectivity index (χ1) is 16.5. The van der Waals surface area contributed by atoms with E-state index in [1.165, 1.54) is 17.8 Å². The zero-order valence-electron chi connectivity index (χ0n) is 18.7. The van der Waals surface area contributed by atoms with Crippen molar-refractivity contribution in [3.05, 3.63) is 92.7 Å². The summed E-state index contributed by atoms with van der Waals surface area (Å²) in [5, 5.41) is 3.67. The van der Waals surface area contributed by atoms with Crippen molar-refractivity contribution < 1.29 is 13.9 Å². The fourth-order valence-electron chi connectivity index (χ4n) is 4.53. The Morgan fingerprint density at radius 1 is 1.12 bits per heavy atom. The van der Waals surface area contributed by atoms with E-state index < -0.39 is 5.92 Å². The maximum atomic E-state index is 14.0. The number of benzene rings is 2. The number of ether oxygens (including phenoxy) is 1. The van der Waals surface area contributed by atoms with Gasteiger partial charge >= 0.3 is 0 Å². The molecule has 0 saturated carbocycles. The molecular formula is C26H24FN3O3S. The third kappa shape index (κ3) is 4.25. The van der Waals surface area contributed by atoms with Crippen LogP contribution in [0.2, 0.25) is 0 Å². The molecule has 1 aromatic heterocycles. The number of aromatic nitrogens is 2. The molecule has 0 amide bonds. The highest BCUT2D eigenvalue weighted by atomic mass is 32.2. The Morgan fingerprint density at radius 3 is 2.68 bits per heavy atom. The first kappa shape index (κ1) is 22.4. The summed E-state index contributed by atoms with van der Waals surface area (Å²) in [5.74, 6) is 0.777. The molecule has 0 bridgehead atoms. The van der Waals surface area contributed by atoms with Gasteiger partial charge in [0.25, 0.3) is 5.56 Å². The average Bonchev–Trinajstić information content (AvgIpc) is 2.83. The lowest BCUT2D eigenvalue weighted by molar-refractivity contribution is -0.116. The van der Waals surface area contributed by atoms with Crippen LogP contribution in [0.3, 0.4) is 0 Å². The predicted molar refractivity (Wildman–Crippen MR) is 130 cm³/mol. The Bertz CT molecular complexity index is 1330. The second-order valence-electron chi connectivity index (χ2n) is 8.24. The van der Waals surface area contributed by atoms with Crippen LogP contribution in [0, 0.1) is 5.82 Å². The van der Waals surface area contributed by atoms with Gasteiger partial charge < -0.3 is 15.0 Å². The van der Waals surface area contributed by atoms with E-state index in [1.807, 2.05) is 31.2 Å². The molecule has 5 rings (SSSR count). The predicted octanol–water partition coefficient (Wildman–Crippen LogP) is 5.16. The number of carbonyl (C=O) groups excluding carboxylic acids is 1. The molecular weight excluding hydrogens is 453 g/mol. The number of allylic oxidation sites excluding steroid dienone is 2.